The largest absolute Gasteiger partial charge is 0.515 e. The fourth-order valence-electron chi connectivity index (χ4n) is 7.65. The van der Waals surface area contributed by atoms with E-state index in [9.17, 15) is 0 Å². The topological polar surface area (TPSA) is 42.3 Å². The second kappa shape index (κ2) is 16.7. The van der Waals surface area contributed by atoms with E-state index >= 15 is 0 Å². The minimum absolute atomic E-state index is 0. The van der Waals surface area contributed by atoms with Gasteiger partial charge in [-0.1, -0.05) is 140 Å². The van der Waals surface area contributed by atoms with Crippen LogP contribution in [-0.2, 0) is 48.1 Å². The molecular weight excluding hydrogens is 940 g/mol. The van der Waals surface area contributed by atoms with E-state index in [0.29, 0.717) is 11.5 Å². The molecule has 0 radical (unpaired) electrons. The monoisotopic (exact) mass is 1000 g/mol. The van der Waals surface area contributed by atoms with Gasteiger partial charge < -0.3 is 19.5 Å². The summed E-state index contributed by atoms with van der Waals surface area (Å²) in [7, 11) is 4.68. The number of nitrogens with one attached hydrogen (secondary N) is 1. The Bertz CT molecular complexity index is 2740. The molecule has 6 heteroatoms. The summed E-state index contributed by atoms with van der Waals surface area (Å²) in [6.45, 7) is 33.6. The molecule has 7 rings (SSSR count). The Hall–Kier alpha value is -4.86. The van der Waals surface area contributed by atoms with Gasteiger partial charge in [-0.05, 0) is 97.2 Å². The van der Waals surface area contributed by atoms with Crippen LogP contribution < -0.4 is 15.0 Å². The Morgan fingerprint density at radius 2 is 1.15 bits per heavy atom. The van der Waals surface area contributed by atoms with Gasteiger partial charge in [0.2, 0.25) is 0 Å². The Morgan fingerprint density at radius 3 is 1.79 bits per heavy atom. The first-order valence-corrected chi connectivity index (χ1v) is 21.6. The first-order valence-electron chi connectivity index (χ1n) is 21.6. The van der Waals surface area contributed by atoms with Crippen LogP contribution in [0.25, 0.3) is 27.6 Å². The van der Waals surface area contributed by atoms with Gasteiger partial charge in [0.25, 0.3) is 0 Å². The van der Waals surface area contributed by atoms with Gasteiger partial charge in [0, 0.05) is 55.7 Å². The van der Waals surface area contributed by atoms with Crippen molar-refractivity contribution in [1.82, 2.24) is 9.55 Å². The number of nitrogens with zero attached hydrogens (tertiary/aromatic N) is 3. The molecule has 0 bridgehead atoms. The van der Waals surface area contributed by atoms with E-state index in [2.05, 4.69) is 224 Å². The van der Waals surface area contributed by atoms with Gasteiger partial charge in [-0.3, -0.25) is 7.05 Å². The third kappa shape index (κ3) is 9.84. The van der Waals surface area contributed by atoms with E-state index in [1.54, 1.807) is 0 Å². The van der Waals surface area contributed by atoms with Crippen molar-refractivity contribution >= 4 is 44.6 Å². The average Bonchev–Trinajstić information content (AvgIpc) is 3.49. The maximum absolute atomic E-state index is 6.83. The molecule has 0 spiro atoms. The molecule has 0 atom stereocenters. The van der Waals surface area contributed by atoms with Crippen LogP contribution >= 0.6 is 0 Å². The molecule has 0 unspecified atom stereocenters. The molecule has 0 aliphatic heterocycles. The van der Waals surface area contributed by atoms with E-state index in [1.165, 1.54) is 22.3 Å². The number of fused-ring (bicyclic) bond motifs is 3. The van der Waals surface area contributed by atoms with Gasteiger partial charge in [0.1, 0.15) is 5.82 Å². The van der Waals surface area contributed by atoms with Crippen molar-refractivity contribution in [3.63, 3.8) is 0 Å². The maximum atomic E-state index is 6.83. The molecule has 1 N–H and O–H groups in total. The zero-order valence-corrected chi connectivity index (χ0v) is 41.9. The van der Waals surface area contributed by atoms with E-state index in [0.717, 1.165) is 55.9 Å². The van der Waals surface area contributed by atoms with Crippen LogP contribution in [0.1, 0.15) is 132 Å². The predicted molar refractivity (Wildman–Crippen MR) is 260 cm³/mol. The molecule has 0 amide bonds. The molecular formula is C56H65N4OPt-3. The molecule has 0 aliphatic carbocycles. The number of rotatable bonds is 7. The number of hydrogen-bond acceptors (Lipinski definition) is 4. The number of anilines is 4. The van der Waals surface area contributed by atoms with Crippen molar-refractivity contribution in [2.75, 3.05) is 10.2 Å². The van der Waals surface area contributed by atoms with Crippen LogP contribution in [0.4, 0.5) is 22.7 Å². The van der Waals surface area contributed by atoms with Crippen LogP contribution in [0.3, 0.4) is 0 Å². The van der Waals surface area contributed by atoms with Crippen LogP contribution in [-0.4, -0.2) is 9.55 Å². The van der Waals surface area contributed by atoms with Gasteiger partial charge in [0.05, 0.1) is 5.69 Å². The zero-order valence-electron chi connectivity index (χ0n) is 39.6. The van der Waals surface area contributed by atoms with Crippen molar-refractivity contribution in [1.29, 1.82) is 0 Å². The van der Waals surface area contributed by atoms with Crippen molar-refractivity contribution in [2.45, 2.75) is 131 Å². The summed E-state index contributed by atoms with van der Waals surface area (Å²) >= 11 is 0. The van der Waals surface area contributed by atoms with E-state index in [1.807, 2.05) is 17.2 Å². The Morgan fingerprint density at radius 1 is 0.565 bits per heavy atom. The van der Waals surface area contributed by atoms with Crippen LogP contribution in [0.2, 0.25) is 0 Å². The SMILES string of the molecule is [CH2-]N(c1[c-]c(Oc2[c-]c3c(cc2)c2ccc(C(C)(C)C)cc2n3-c2cc(C(C)(C)C)ccn2)cc(C(C)(C)C)c1)c1cc(C(C)(C)C)ccc1Nc1cccc(C(C)(C)C)c1.[Pt]. The second-order valence-corrected chi connectivity index (χ2v) is 21.9. The number of aromatic nitrogens is 2. The Labute approximate surface area is 386 Å². The predicted octanol–water partition coefficient (Wildman–Crippen LogP) is 15.7. The summed E-state index contributed by atoms with van der Waals surface area (Å²) in [5.41, 5.74) is 11.5. The Kier molecular flexibility index (Phi) is 12.6. The second-order valence-electron chi connectivity index (χ2n) is 21.9. The third-order valence-corrected chi connectivity index (χ3v) is 11.7. The molecule has 0 saturated carbocycles. The molecule has 7 aromatic rings. The quantitative estimate of drug-likeness (QED) is 0.162. The van der Waals surface area contributed by atoms with Crippen molar-refractivity contribution in [3.05, 3.63) is 150 Å². The average molecular weight is 1010 g/mol. The first-order chi connectivity index (χ1) is 28.3. The van der Waals surface area contributed by atoms with Crippen molar-refractivity contribution < 1.29 is 25.8 Å². The first kappa shape index (κ1) is 46.6. The standard InChI is InChI=1S/C56H65N4O.Pt/c1-52(2,3)36-18-17-19-41(28-36)58-47-25-21-38(54(7,8)9)32-50(47)59(16)42-29-40(56(13,14)15)30-44(34-42)61-43-22-24-46-45-23-20-37(53(4,5)6)31-48(45)60(49(46)35-43)51-33-39(26-27-57-51)55(10,11)12;/h17-33,58H,16H2,1-15H3;/q-3;. The summed E-state index contributed by atoms with van der Waals surface area (Å²) in [6, 6.07) is 42.2. The van der Waals surface area contributed by atoms with Gasteiger partial charge in [-0.2, -0.15) is 6.07 Å². The van der Waals surface area contributed by atoms with Crippen molar-refractivity contribution in [3.8, 4) is 17.3 Å². The fourth-order valence-corrected chi connectivity index (χ4v) is 7.65. The number of ether oxygens (including phenoxy) is 1. The van der Waals surface area contributed by atoms with Crippen molar-refractivity contribution in [2.24, 2.45) is 0 Å². The molecule has 0 fully saturated rings. The molecule has 2 heterocycles. The van der Waals surface area contributed by atoms with Crippen LogP contribution in [0.5, 0.6) is 11.5 Å². The Balaban J connectivity index is 0.00000641. The fraction of sp³-hybridized carbons (Fsp3) is 0.357. The zero-order chi connectivity index (χ0) is 44.4. The van der Waals surface area contributed by atoms with Gasteiger partial charge in [-0.15, -0.1) is 47.0 Å². The number of pyridine rings is 1. The summed E-state index contributed by atoms with van der Waals surface area (Å²) in [5, 5.41) is 5.99. The third-order valence-electron chi connectivity index (χ3n) is 11.7. The minimum atomic E-state index is -0.181. The summed E-state index contributed by atoms with van der Waals surface area (Å²) < 4.78 is 9.07. The maximum Gasteiger partial charge on any atom is 0.135 e. The number of hydrogen-bond donors (Lipinski definition) is 1. The molecule has 0 saturated heterocycles. The summed E-state index contributed by atoms with van der Waals surface area (Å²) in [5.74, 6) is 2.05. The van der Waals surface area contributed by atoms with E-state index in [4.69, 9.17) is 9.72 Å². The summed E-state index contributed by atoms with van der Waals surface area (Å²) in [4.78, 5) is 6.93. The molecule has 328 valence electrons. The number of benzene rings is 5. The normalized spacial score (nSPS) is 12.7. The molecule has 2 aromatic heterocycles. The van der Waals surface area contributed by atoms with Crippen LogP contribution in [0.15, 0.2) is 103 Å². The molecule has 5 aromatic carbocycles. The van der Waals surface area contributed by atoms with Crippen LogP contribution in [0, 0.1) is 19.2 Å². The summed E-state index contributed by atoms with van der Waals surface area (Å²) in [6.07, 6.45) is 1.92. The molecule has 62 heavy (non-hydrogen) atoms. The van der Waals surface area contributed by atoms with Gasteiger partial charge >= 0.3 is 0 Å². The molecule has 0 aliphatic rings. The minimum Gasteiger partial charge on any atom is -0.515 e. The molecule has 5 nitrogen and oxygen atoms in total. The van der Waals surface area contributed by atoms with Gasteiger partial charge in [0.15, 0.2) is 0 Å². The van der Waals surface area contributed by atoms with Gasteiger partial charge in [-0.25, -0.2) is 4.98 Å². The van der Waals surface area contributed by atoms with E-state index < -0.39 is 0 Å². The smallest absolute Gasteiger partial charge is 0.135 e. The van der Waals surface area contributed by atoms with E-state index in [-0.39, 0.29) is 48.1 Å².